The summed E-state index contributed by atoms with van der Waals surface area (Å²) < 4.78 is 0. The average molecular weight is 298 g/mol. The lowest BCUT2D eigenvalue weighted by atomic mass is 10.1. The molecule has 0 saturated carbocycles. The van der Waals surface area contributed by atoms with Crippen molar-refractivity contribution >= 4 is 23.5 Å². The summed E-state index contributed by atoms with van der Waals surface area (Å²) in [5, 5.41) is 8.65. The predicted octanol–water partition coefficient (Wildman–Crippen LogP) is 2.22. The maximum Gasteiger partial charge on any atom is 0.315 e. The van der Waals surface area contributed by atoms with Crippen LogP contribution in [0.1, 0.15) is 32.4 Å². The van der Waals surface area contributed by atoms with Crippen molar-refractivity contribution in [2.45, 2.75) is 32.9 Å². The Morgan fingerprint density at radius 3 is 2.30 bits per heavy atom. The first-order valence-electron chi connectivity index (χ1n) is 6.54. The van der Waals surface area contributed by atoms with Gasteiger partial charge in [0.1, 0.15) is 6.04 Å². The van der Waals surface area contributed by atoms with Gasteiger partial charge in [-0.25, -0.2) is 4.79 Å². The van der Waals surface area contributed by atoms with E-state index in [1.54, 1.807) is 19.1 Å². The lowest BCUT2D eigenvalue weighted by Gasteiger charge is -2.18. The number of carbonyl (C=O) groups excluding carboxylic acids is 2. The fourth-order valence-corrected chi connectivity index (χ4v) is 1.79. The molecule has 0 spiro atoms. The molecule has 3 amide bonds. The van der Waals surface area contributed by atoms with Crippen LogP contribution in [0.5, 0.6) is 0 Å². The number of amides is 3. The second kappa shape index (κ2) is 7.75. The van der Waals surface area contributed by atoms with Crippen molar-refractivity contribution in [3.63, 3.8) is 0 Å². The highest BCUT2D eigenvalue weighted by atomic mass is 35.5. The zero-order valence-electron chi connectivity index (χ0n) is 11.9. The monoisotopic (exact) mass is 297 g/mol. The lowest BCUT2D eigenvalue weighted by molar-refractivity contribution is -0.122. The minimum absolute atomic E-state index is 0.172. The van der Waals surface area contributed by atoms with E-state index in [9.17, 15) is 9.59 Å². The Labute approximate surface area is 124 Å². The number of hydrogen-bond donors (Lipinski definition) is 3. The van der Waals surface area contributed by atoms with Crippen LogP contribution in [-0.4, -0.2) is 24.5 Å². The van der Waals surface area contributed by atoms with Gasteiger partial charge in [0.25, 0.3) is 0 Å². The van der Waals surface area contributed by atoms with E-state index in [0.717, 1.165) is 5.56 Å². The van der Waals surface area contributed by atoms with E-state index in [4.69, 9.17) is 11.6 Å². The summed E-state index contributed by atoms with van der Waals surface area (Å²) in [6, 6.07) is 6.10. The third kappa shape index (κ3) is 5.09. The van der Waals surface area contributed by atoms with Crippen molar-refractivity contribution in [2.24, 2.45) is 0 Å². The second-order valence-corrected chi connectivity index (χ2v) is 4.94. The molecule has 0 aliphatic carbocycles. The van der Waals surface area contributed by atoms with Crippen LogP contribution in [0.3, 0.4) is 0 Å². The summed E-state index contributed by atoms with van der Waals surface area (Å²) in [4.78, 5) is 23.3. The van der Waals surface area contributed by atoms with E-state index in [1.165, 1.54) is 0 Å². The standard InChI is InChI=1S/C14H20ClN3O2/c1-4-16-13(19)10(3)18-14(20)17-9(2)11-5-7-12(15)8-6-11/h5-10H,4H2,1-3H3,(H,16,19)(H2,17,18,20). The van der Waals surface area contributed by atoms with E-state index >= 15 is 0 Å². The number of likely N-dealkylation sites (N-methyl/N-ethyl adjacent to an activating group) is 1. The molecule has 2 unspecified atom stereocenters. The first-order chi connectivity index (χ1) is 9.43. The average Bonchev–Trinajstić information content (AvgIpc) is 2.39. The molecule has 20 heavy (non-hydrogen) atoms. The Morgan fingerprint density at radius 1 is 1.15 bits per heavy atom. The number of urea groups is 1. The highest BCUT2D eigenvalue weighted by molar-refractivity contribution is 6.30. The van der Waals surface area contributed by atoms with Crippen LogP contribution >= 0.6 is 11.6 Å². The SMILES string of the molecule is CCNC(=O)C(C)NC(=O)NC(C)c1ccc(Cl)cc1. The van der Waals surface area contributed by atoms with Gasteiger partial charge in [-0.3, -0.25) is 4.79 Å². The molecule has 6 heteroatoms. The normalized spacial score (nSPS) is 13.2. The molecule has 0 aliphatic rings. The van der Waals surface area contributed by atoms with Gasteiger partial charge < -0.3 is 16.0 Å². The number of halogens is 1. The third-order valence-corrected chi connectivity index (χ3v) is 3.06. The van der Waals surface area contributed by atoms with Crippen molar-refractivity contribution in [1.82, 2.24) is 16.0 Å². The zero-order valence-corrected chi connectivity index (χ0v) is 12.6. The molecule has 3 N–H and O–H groups in total. The molecule has 0 aliphatic heterocycles. The van der Waals surface area contributed by atoms with E-state index < -0.39 is 6.04 Å². The lowest BCUT2D eigenvalue weighted by Crippen LogP contribution is -2.48. The fourth-order valence-electron chi connectivity index (χ4n) is 1.66. The Hall–Kier alpha value is -1.75. The van der Waals surface area contributed by atoms with Crippen molar-refractivity contribution in [3.8, 4) is 0 Å². The van der Waals surface area contributed by atoms with Crippen LogP contribution in [0.4, 0.5) is 4.79 Å². The van der Waals surface area contributed by atoms with Gasteiger partial charge in [0.15, 0.2) is 0 Å². The predicted molar refractivity (Wildman–Crippen MR) is 79.7 cm³/mol. The van der Waals surface area contributed by atoms with Crippen LogP contribution in [0, 0.1) is 0 Å². The molecule has 0 fully saturated rings. The Morgan fingerprint density at radius 2 is 1.75 bits per heavy atom. The summed E-state index contributed by atoms with van der Waals surface area (Å²) in [5.74, 6) is -0.207. The van der Waals surface area contributed by atoms with E-state index in [0.29, 0.717) is 11.6 Å². The van der Waals surface area contributed by atoms with Gasteiger partial charge in [-0.05, 0) is 38.5 Å². The smallest absolute Gasteiger partial charge is 0.315 e. The number of nitrogens with one attached hydrogen (secondary N) is 3. The molecule has 0 radical (unpaired) electrons. The van der Waals surface area contributed by atoms with Gasteiger partial charge >= 0.3 is 6.03 Å². The zero-order chi connectivity index (χ0) is 15.1. The molecule has 0 aromatic heterocycles. The van der Waals surface area contributed by atoms with Gasteiger partial charge in [-0.2, -0.15) is 0 Å². The summed E-state index contributed by atoms with van der Waals surface area (Å²) in [6.07, 6.45) is 0. The van der Waals surface area contributed by atoms with E-state index in [2.05, 4.69) is 16.0 Å². The molecule has 1 aromatic rings. The van der Waals surface area contributed by atoms with E-state index in [1.807, 2.05) is 26.0 Å². The maximum atomic E-state index is 11.8. The molecule has 5 nitrogen and oxygen atoms in total. The largest absolute Gasteiger partial charge is 0.355 e. The Balaban J connectivity index is 2.49. The molecule has 0 heterocycles. The van der Waals surface area contributed by atoms with Crippen molar-refractivity contribution < 1.29 is 9.59 Å². The molecule has 2 atom stereocenters. The van der Waals surface area contributed by atoms with Gasteiger partial charge in [0.2, 0.25) is 5.91 Å². The highest BCUT2D eigenvalue weighted by Crippen LogP contribution is 2.15. The summed E-state index contributed by atoms with van der Waals surface area (Å²) in [7, 11) is 0. The molecular formula is C14H20ClN3O2. The van der Waals surface area contributed by atoms with Crippen LogP contribution in [0.15, 0.2) is 24.3 Å². The van der Waals surface area contributed by atoms with Crippen LogP contribution in [0.25, 0.3) is 0 Å². The van der Waals surface area contributed by atoms with Gasteiger partial charge in [0, 0.05) is 11.6 Å². The second-order valence-electron chi connectivity index (χ2n) is 4.51. The van der Waals surface area contributed by atoms with Crippen molar-refractivity contribution in [1.29, 1.82) is 0 Å². The van der Waals surface area contributed by atoms with Crippen LogP contribution in [-0.2, 0) is 4.79 Å². The van der Waals surface area contributed by atoms with Crippen molar-refractivity contribution in [2.75, 3.05) is 6.54 Å². The van der Waals surface area contributed by atoms with Gasteiger partial charge in [-0.15, -0.1) is 0 Å². The van der Waals surface area contributed by atoms with E-state index in [-0.39, 0.29) is 18.0 Å². The topological polar surface area (TPSA) is 70.2 Å². The Kier molecular flexibility index (Phi) is 6.31. The number of benzene rings is 1. The summed E-state index contributed by atoms with van der Waals surface area (Å²) in [5.41, 5.74) is 0.940. The summed E-state index contributed by atoms with van der Waals surface area (Å²) >= 11 is 5.81. The third-order valence-electron chi connectivity index (χ3n) is 2.81. The molecular weight excluding hydrogens is 278 g/mol. The molecule has 1 aromatic carbocycles. The molecule has 0 bridgehead atoms. The number of rotatable bonds is 5. The van der Waals surface area contributed by atoms with Gasteiger partial charge in [0.05, 0.1) is 6.04 Å². The minimum Gasteiger partial charge on any atom is -0.355 e. The highest BCUT2D eigenvalue weighted by Gasteiger charge is 2.16. The van der Waals surface area contributed by atoms with Crippen LogP contribution in [0.2, 0.25) is 5.02 Å². The Bertz CT molecular complexity index is 462. The number of carbonyl (C=O) groups is 2. The molecule has 110 valence electrons. The molecule has 1 rings (SSSR count). The quantitative estimate of drug-likeness (QED) is 0.780. The maximum absolute atomic E-state index is 11.8. The van der Waals surface area contributed by atoms with Crippen molar-refractivity contribution in [3.05, 3.63) is 34.9 Å². The van der Waals surface area contributed by atoms with Crippen LogP contribution < -0.4 is 16.0 Å². The molecule has 0 saturated heterocycles. The van der Waals surface area contributed by atoms with Gasteiger partial charge in [-0.1, -0.05) is 23.7 Å². The minimum atomic E-state index is -0.577. The summed E-state index contributed by atoms with van der Waals surface area (Å²) in [6.45, 7) is 5.86. The first-order valence-corrected chi connectivity index (χ1v) is 6.92. The number of hydrogen-bond acceptors (Lipinski definition) is 2. The first kappa shape index (κ1) is 16.3. The fraction of sp³-hybridized carbons (Fsp3) is 0.429.